The summed E-state index contributed by atoms with van der Waals surface area (Å²) in [5, 5.41) is 15.2. The number of carbonyl (C=O) groups is 2. The molecule has 0 aromatic heterocycles. The fraction of sp³-hybridized carbons (Fsp3) is 0.600. The second kappa shape index (κ2) is 14.3. The predicted octanol–water partition coefficient (Wildman–Crippen LogP) is 3.28. The van der Waals surface area contributed by atoms with E-state index in [1.165, 1.54) is 16.2 Å². The van der Waals surface area contributed by atoms with Crippen LogP contribution in [-0.4, -0.2) is 53.4 Å². The Kier molecular flexibility index (Phi) is 12.5. The van der Waals surface area contributed by atoms with E-state index >= 15 is 0 Å². The van der Waals surface area contributed by atoms with Crippen molar-refractivity contribution in [3.05, 3.63) is 41.1 Å². The van der Waals surface area contributed by atoms with Crippen LogP contribution in [0, 0.1) is 5.41 Å². The highest BCUT2D eigenvalue weighted by Crippen LogP contribution is 2.33. The number of thioether (sulfide) groups is 1. The van der Waals surface area contributed by atoms with Crippen LogP contribution in [-0.2, 0) is 16.1 Å². The summed E-state index contributed by atoms with van der Waals surface area (Å²) in [5.41, 5.74) is 8.75. The lowest BCUT2D eigenvalue weighted by molar-refractivity contribution is -0.132. The van der Waals surface area contributed by atoms with Gasteiger partial charge in [-0.05, 0) is 35.9 Å². The Labute approximate surface area is 203 Å². The maximum atomic E-state index is 11.6. The van der Waals surface area contributed by atoms with Gasteiger partial charge in [0.25, 0.3) is 0 Å². The molecule has 0 saturated carbocycles. The molecular weight excluding hydrogens is 436 g/mol. The Bertz CT molecular complexity index is 770. The summed E-state index contributed by atoms with van der Waals surface area (Å²) in [4.78, 5) is 24.9. The van der Waals surface area contributed by atoms with Crippen molar-refractivity contribution in [2.45, 2.75) is 73.1 Å². The zero-order valence-electron chi connectivity index (χ0n) is 21.0. The number of amides is 2. The molecule has 2 aliphatic rings. The normalized spacial score (nSPS) is 17.6. The molecule has 0 radical (unpaired) electrons. The van der Waals surface area contributed by atoms with Crippen molar-refractivity contribution in [2.24, 2.45) is 11.1 Å². The maximum Gasteiger partial charge on any atom is 0.223 e. The fourth-order valence-corrected chi connectivity index (χ4v) is 4.20. The van der Waals surface area contributed by atoms with E-state index in [0.717, 1.165) is 30.8 Å². The number of aliphatic hydroxyl groups is 1. The molecule has 1 saturated heterocycles. The standard InChI is InChI=1S/C12H14N2OS.C10H19NO2.C3H9N/c1-9-12(16-8-14-9)11-4-2-10(3-5-11)6-13-7-15;1-10(2,3)6-9(13)11-5-4-8(12)7-11;1-3(2)4/h2-5,7,14H,6,8H2,1H3,(H,13,15);8,12H,4-7H2,1-3H3;3H,4H2,1-2H3. The van der Waals surface area contributed by atoms with Crippen LogP contribution >= 0.6 is 11.8 Å². The van der Waals surface area contributed by atoms with Gasteiger partial charge < -0.3 is 26.4 Å². The first-order valence-corrected chi connectivity index (χ1v) is 12.5. The lowest BCUT2D eigenvalue weighted by atomic mass is 9.92. The van der Waals surface area contributed by atoms with Gasteiger partial charge in [-0.25, -0.2) is 0 Å². The van der Waals surface area contributed by atoms with Crippen molar-refractivity contribution in [2.75, 3.05) is 19.0 Å². The molecule has 8 heteroatoms. The minimum Gasteiger partial charge on any atom is -0.391 e. The van der Waals surface area contributed by atoms with Gasteiger partial charge in [0.2, 0.25) is 12.3 Å². The number of rotatable bonds is 5. The number of likely N-dealkylation sites (tertiary alicyclic amines) is 1. The first-order chi connectivity index (χ1) is 15.4. The summed E-state index contributed by atoms with van der Waals surface area (Å²) in [6.45, 7) is 14.0. The number of hydrogen-bond acceptors (Lipinski definition) is 6. The van der Waals surface area contributed by atoms with Crippen LogP contribution in [0.2, 0.25) is 0 Å². The number of nitrogens with zero attached hydrogens (tertiary/aromatic N) is 1. The molecule has 1 aromatic rings. The van der Waals surface area contributed by atoms with Crippen molar-refractivity contribution in [1.82, 2.24) is 15.5 Å². The van der Waals surface area contributed by atoms with Crippen molar-refractivity contribution in [3.63, 3.8) is 0 Å². The van der Waals surface area contributed by atoms with E-state index in [1.54, 1.807) is 4.90 Å². The number of β-amino-alcohol motifs (C(OH)–C–C–N with tert-alkyl or cyclic N) is 1. The second-order valence-corrected chi connectivity index (χ2v) is 10.9. The minimum atomic E-state index is -0.302. The van der Waals surface area contributed by atoms with E-state index < -0.39 is 0 Å². The number of hydrogen-bond donors (Lipinski definition) is 4. The smallest absolute Gasteiger partial charge is 0.223 e. The van der Waals surface area contributed by atoms with Gasteiger partial charge in [0.05, 0.1) is 12.0 Å². The van der Waals surface area contributed by atoms with E-state index in [9.17, 15) is 14.7 Å². The van der Waals surface area contributed by atoms with Crippen molar-refractivity contribution < 1.29 is 14.7 Å². The highest BCUT2D eigenvalue weighted by Gasteiger charge is 2.27. The molecule has 33 heavy (non-hydrogen) atoms. The lowest BCUT2D eigenvalue weighted by Crippen LogP contribution is -2.32. The molecule has 186 valence electrons. The van der Waals surface area contributed by atoms with E-state index in [0.29, 0.717) is 25.6 Å². The molecule has 1 atom stereocenters. The van der Waals surface area contributed by atoms with Crippen LogP contribution in [0.15, 0.2) is 30.0 Å². The SMILES string of the molecule is CC(C)(C)CC(=O)N1CCC(O)C1.CC(C)N.CC1=C(c2ccc(CNC=O)cc2)SCN1. The van der Waals surface area contributed by atoms with E-state index in [1.807, 2.05) is 37.7 Å². The number of benzene rings is 1. The molecule has 7 nitrogen and oxygen atoms in total. The van der Waals surface area contributed by atoms with Crippen LogP contribution < -0.4 is 16.4 Å². The van der Waals surface area contributed by atoms with Crippen molar-refractivity contribution in [3.8, 4) is 0 Å². The molecule has 2 heterocycles. The molecule has 2 aliphatic heterocycles. The summed E-state index contributed by atoms with van der Waals surface area (Å²) in [5.74, 6) is 1.12. The Morgan fingerprint density at radius 2 is 1.94 bits per heavy atom. The average Bonchev–Trinajstić information content (AvgIpc) is 3.34. The molecule has 1 fully saturated rings. The Morgan fingerprint density at radius 1 is 1.33 bits per heavy atom. The van der Waals surface area contributed by atoms with Crippen LogP contribution in [0.3, 0.4) is 0 Å². The summed E-state index contributed by atoms with van der Waals surface area (Å²) >= 11 is 1.82. The average molecular weight is 479 g/mol. The number of nitrogens with one attached hydrogen (secondary N) is 2. The van der Waals surface area contributed by atoms with Gasteiger partial charge in [0.1, 0.15) is 0 Å². The maximum absolute atomic E-state index is 11.6. The molecular formula is C25H42N4O3S. The molecule has 0 aliphatic carbocycles. The fourth-order valence-electron chi connectivity index (χ4n) is 3.17. The zero-order valence-corrected chi connectivity index (χ0v) is 21.8. The Balaban J connectivity index is 0.000000289. The third-order valence-electron chi connectivity index (χ3n) is 4.70. The third-order valence-corrected chi connectivity index (χ3v) is 5.82. The molecule has 5 N–H and O–H groups in total. The van der Waals surface area contributed by atoms with Crippen LogP contribution in [0.4, 0.5) is 0 Å². The van der Waals surface area contributed by atoms with E-state index in [-0.39, 0.29) is 17.4 Å². The molecule has 1 aromatic carbocycles. The first-order valence-electron chi connectivity index (χ1n) is 11.5. The molecule has 2 amide bonds. The lowest BCUT2D eigenvalue weighted by Gasteiger charge is -2.22. The predicted molar refractivity (Wildman–Crippen MR) is 138 cm³/mol. The highest BCUT2D eigenvalue weighted by atomic mass is 32.2. The second-order valence-electron chi connectivity index (χ2n) is 9.88. The highest BCUT2D eigenvalue weighted by molar-refractivity contribution is 8.08. The van der Waals surface area contributed by atoms with Crippen molar-refractivity contribution >= 4 is 29.0 Å². The quantitative estimate of drug-likeness (QED) is 0.484. The molecule has 1 unspecified atom stereocenters. The van der Waals surface area contributed by atoms with Gasteiger partial charge in [-0.15, -0.1) is 11.8 Å². The Morgan fingerprint density at radius 3 is 2.36 bits per heavy atom. The zero-order chi connectivity index (χ0) is 25.0. The van der Waals surface area contributed by atoms with Crippen LogP contribution in [0.25, 0.3) is 4.91 Å². The largest absolute Gasteiger partial charge is 0.391 e. The molecule has 0 spiro atoms. The third kappa shape index (κ3) is 12.1. The van der Waals surface area contributed by atoms with E-state index in [4.69, 9.17) is 5.73 Å². The van der Waals surface area contributed by atoms with Gasteiger partial charge in [-0.1, -0.05) is 58.9 Å². The van der Waals surface area contributed by atoms with Gasteiger partial charge >= 0.3 is 0 Å². The number of carbonyl (C=O) groups excluding carboxylic acids is 2. The monoisotopic (exact) mass is 478 g/mol. The van der Waals surface area contributed by atoms with Crippen LogP contribution in [0.5, 0.6) is 0 Å². The molecule has 3 rings (SSSR count). The number of nitrogens with two attached hydrogens (primary N) is 1. The van der Waals surface area contributed by atoms with Crippen LogP contribution in [0.1, 0.15) is 65.5 Å². The topological polar surface area (TPSA) is 108 Å². The van der Waals surface area contributed by atoms with E-state index in [2.05, 4.69) is 50.5 Å². The van der Waals surface area contributed by atoms with Gasteiger partial charge in [-0.3, -0.25) is 9.59 Å². The van der Waals surface area contributed by atoms with Crippen molar-refractivity contribution in [1.29, 1.82) is 0 Å². The first kappa shape index (κ1) is 29.0. The van der Waals surface area contributed by atoms with Gasteiger partial charge in [0, 0.05) is 36.7 Å². The number of aliphatic hydroxyl groups excluding tert-OH is 1. The minimum absolute atomic E-state index is 0.0463. The van der Waals surface area contributed by atoms with Gasteiger partial charge in [-0.2, -0.15) is 0 Å². The Hall–Kier alpha value is -2.03. The molecule has 0 bridgehead atoms. The summed E-state index contributed by atoms with van der Waals surface area (Å²) in [6, 6.07) is 8.62. The summed E-state index contributed by atoms with van der Waals surface area (Å²) in [6.07, 6.45) is 1.72. The number of allylic oxidation sites excluding steroid dienone is 1. The summed E-state index contributed by atoms with van der Waals surface area (Å²) in [7, 11) is 0. The van der Waals surface area contributed by atoms with Gasteiger partial charge in [0.15, 0.2) is 0 Å². The summed E-state index contributed by atoms with van der Waals surface area (Å²) < 4.78 is 0.